The quantitative estimate of drug-likeness (QED) is 0.279. The van der Waals surface area contributed by atoms with Gasteiger partial charge in [-0.3, -0.25) is 19.9 Å². The van der Waals surface area contributed by atoms with Gasteiger partial charge in [0.15, 0.2) is 0 Å². The molecule has 0 atom stereocenters. The highest BCUT2D eigenvalue weighted by atomic mass is 16.2. The second-order valence-electron chi connectivity index (χ2n) is 3.35. The zero-order chi connectivity index (χ0) is 11.1. The van der Waals surface area contributed by atoms with Gasteiger partial charge in [-0.2, -0.15) is 0 Å². The van der Waals surface area contributed by atoms with E-state index in [0.717, 1.165) is 0 Å². The molecular formula is C8H18N4O2. The van der Waals surface area contributed by atoms with E-state index in [1.54, 1.807) is 0 Å². The first kappa shape index (κ1) is 12.9. The molecule has 6 nitrogen and oxygen atoms in total. The molecule has 6 heteroatoms. The molecule has 0 aliphatic heterocycles. The number of rotatable bonds is 6. The molecule has 0 aliphatic carbocycles. The summed E-state index contributed by atoms with van der Waals surface area (Å²) in [5, 5.41) is 0. The molecule has 0 fully saturated rings. The molecule has 5 N–H and O–H groups in total. The lowest BCUT2D eigenvalue weighted by molar-refractivity contribution is -0.123. The third kappa shape index (κ3) is 5.50. The number of nitrogens with zero attached hydrogens (tertiary/aromatic N) is 1. The van der Waals surface area contributed by atoms with Gasteiger partial charge in [0.05, 0.1) is 6.54 Å². The topological polar surface area (TPSA) is 101 Å². The Morgan fingerprint density at radius 1 is 1.43 bits per heavy atom. The number of hydrogen-bond donors (Lipinski definition) is 3. The maximum Gasteiger partial charge on any atom is 0.235 e. The molecule has 82 valence electrons. The van der Waals surface area contributed by atoms with E-state index in [4.69, 9.17) is 11.6 Å². The van der Waals surface area contributed by atoms with Crippen molar-refractivity contribution >= 4 is 11.8 Å². The number of nitrogens with two attached hydrogens (primary N) is 2. The zero-order valence-electron chi connectivity index (χ0n) is 8.62. The van der Waals surface area contributed by atoms with Gasteiger partial charge in [-0.25, -0.2) is 5.84 Å². The van der Waals surface area contributed by atoms with Gasteiger partial charge >= 0.3 is 0 Å². The van der Waals surface area contributed by atoms with E-state index in [-0.39, 0.29) is 24.9 Å². The predicted octanol–water partition coefficient (Wildman–Crippen LogP) is -1.44. The number of hydrazine groups is 1. The predicted molar refractivity (Wildman–Crippen MR) is 52.9 cm³/mol. The highest BCUT2D eigenvalue weighted by Crippen LogP contribution is 1.98. The van der Waals surface area contributed by atoms with Crippen LogP contribution in [-0.4, -0.2) is 35.8 Å². The van der Waals surface area contributed by atoms with Crippen LogP contribution in [0.1, 0.15) is 20.3 Å². The molecule has 0 heterocycles. The van der Waals surface area contributed by atoms with Crippen LogP contribution in [0.5, 0.6) is 0 Å². The Morgan fingerprint density at radius 3 is 2.36 bits per heavy atom. The molecule has 14 heavy (non-hydrogen) atoms. The Bertz CT molecular complexity index is 206. The van der Waals surface area contributed by atoms with Gasteiger partial charge < -0.3 is 5.73 Å². The van der Waals surface area contributed by atoms with Crippen molar-refractivity contribution in [2.75, 3.05) is 13.1 Å². The summed E-state index contributed by atoms with van der Waals surface area (Å²) in [5.41, 5.74) is 7.09. The van der Waals surface area contributed by atoms with E-state index in [1.807, 2.05) is 24.2 Å². The first-order valence-corrected chi connectivity index (χ1v) is 4.49. The van der Waals surface area contributed by atoms with Crippen molar-refractivity contribution < 1.29 is 9.59 Å². The van der Waals surface area contributed by atoms with Crippen LogP contribution in [0, 0.1) is 0 Å². The average Bonchev–Trinajstić information content (AvgIpc) is 2.10. The first-order valence-electron chi connectivity index (χ1n) is 4.49. The van der Waals surface area contributed by atoms with Crippen LogP contribution in [0.3, 0.4) is 0 Å². The van der Waals surface area contributed by atoms with Crippen molar-refractivity contribution in [3.63, 3.8) is 0 Å². The van der Waals surface area contributed by atoms with E-state index in [9.17, 15) is 9.59 Å². The number of hydrogen-bond acceptors (Lipinski definition) is 4. The molecule has 0 radical (unpaired) electrons. The summed E-state index contributed by atoms with van der Waals surface area (Å²) in [5.74, 6) is 4.28. The van der Waals surface area contributed by atoms with Crippen molar-refractivity contribution in [3.8, 4) is 0 Å². The summed E-state index contributed by atoms with van der Waals surface area (Å²) in [6.07, 6.45) is 0.266. The molecule has 0 aliphatic rings. The number of carbonyl (C=O) groups is 2. The first-order chi connectivity index (χ1) is 6.47. The molecule has 0 spiro atoms. The summed E-state index contributed by atoms with van der Waals surface area (Å²) in [4.78, 5) is 23.3. The Kier molecular flexibility index (Phi) is 5.82. The van der Waals surface area contributed by atoms with E-state index in [1.165, 1.54) is 0 Å². The second-order valence-corrected chi connectivity index (χ2v) is 3.35. The smallest absolute Gasteiger partial charge is 0.235 e. The summed E-state index contributed by atoms with van der Waals surface area (Å²) < 4.78 is 0. The Balaban J connectivity index is 3.97. The maximum atomic E-state index is 10.8. The summed E-state index contributed by atoms with van der Waals surface area (Å²) in [6, 6.07) is 0.174. The van der Waals surface area contributed by atoms with E-state index in [0.29, 0.717) is 6.54 Å². The molecule has 0 aromatic rings. The largest absolute Gasteiger partial charge is 0.369 e. The van der Waals surface area contributed by atoms with Crippen molar-refractivity contribution in [2.24, 2.45) is 11.6 Å². The lowest BCUT2D eigenvalue weighted by Gasteiger charge is -2.24. The van der Waals surface area contributed by atoms with Crippen LogP contribution in [0.4, 0.5) is 0 Å². The summed E-state index contributed by atoms with van der Waals surface area (Å²) in [6.45, 7) is 4.51. The van der Waals surface area contributed by atoms with Crippen LogP contribution in [-0.2, 0) is 9.59 Å². The number of nitrogens with one attached hydrogen (secondary N) is 1. The van der Waals surface area contributed by atoms with E-state index >= 15 is 0 Å². The lowest BCUT2D eigenvalue weighted by Crippen LogP contribution is -2.41. The summed E-state index contributed by atoms with van der Waals surface area (Å²) in [7, 11) is 0. The van der Waals surface area contributed by atoms with Crippen LogP contribution in [0.2, 0.25) is 0 Å². The Labute approximate surface area is 83.6 Å². The molecule has 0 unspecified atom stereocenters. The highest BCUT2D eigenvalue weighted by Gasteiger charge is 2.13. The monoisotopic (exact) mass is 202 g/mol. The van der Waals surface area contributed by atoms with Crippen molar-refractivity contribution in [2.45, 2.75) is 26.3 Å². The Hall–Kier alpha value is -1.14. The standard InChI is InChI=1S/C8H18N4O2/c1-6(2)12(5-7(9)13)4-3-8(14)11-10/h6H,3-5,10H2,1-2H3,(H2,9,13)(H,11,14). The van der Waals surface area contributed by atoms with E-state index < -0.39 is 5.91 Å². The van der Waals surface area contributed by atoms with Gasteiger partial charge in [0, 0.05) is 19.0 Å². The normalized spacial score (nSPS) is 10.6. The third-order valence-corrected chi connectivity index (χ3v) is 1.88. The van der Waals surface area contributed by atoms with Gasteiger partial charge in [-0.1, -0.05) is 0 Å². The maximum absolute atomic E-state index is 10.8. The third-order valence-electron chi connectivity index (χ3n) is 1.88. The van der Waals surface area contributed by atoms with Crippen LogP contribution in [0.15, 0.2) is 0 Å². The zero-order valence-corrected chi connectivity index (χ0v) is 8.62. The van der Waals surface area contributed by atoms with Gasteiger partial charge in [0.1, 0.15) is 0 Å². The highest BCUT2D eigenvalue weighted by molar-refractivity contribution is 5.77. The molecule has 0 aromatic carbocycles. The lowest BCUT2D eigenvalue weighted by atomic mass is 10.2. The summed E-state index contributed by atoms with van der Waals surface area (Å²) >= 11 is 0. The molecule has 0 bridgehead atoms. The van der Waals surface area contributed by atoms with Gasteiger partial charge in [-0.05, 0) is 13.8 Å². The number of primary amides is 1. The fourth-order valence-electron chi connectivity index (χ4n) is 1.04. The van der Waals surface area contributed by atoms with Crippen LogP contribution in [0.25, 0.3) is 0 Å². The van der Waals surface area contributed by atoms with Crippen molar-refractivity contribution in [1.29, 1.82) is 0 Å². The molecule has 0 aromatic heterocycles. The average molecular weight is 202 g/mol. The molecule has 0 saturated heterocycles. The molecule has 0 rings (SSSR count). The van der Waals surface area contributed by atoms with Crippen molar-refractivity contribution in [1.82, 2.24) is 10.3 Å². The number of amides is 2. The van der Waals surface area contributed by atoms with Gasteiger partial charge in [-0.15, -0.1) is 0 Å². The fourth-order valence-corrected chi connectivity index (χ4v) is 1.04. The van der Waals surface area contributed by atoms with Crippen LogP contribution >= 0.6 is 0 Å². The van der Waals surface area contributed by atoms with Crippen molar-refractivity contribution in [3.05, 3.63) is 0 Å². The minimum absolute atomic E-state index is 0.162. The fraction of sp³-hybridized carbons (Fsp3) is 0.750. The second kappa shape index (κ2) is 6.33. The SMILES string of the molecule is CC(C)N(CCC(=O)NN)CC(N)=O. The minimum atomic E-state index is -0.396. The molecular weight excluding hydrogens is 184 g/mol. The molecule has 2 amide bonds. The Morgan fingerprint density at radius 2 is 2.00 bits per heavy atom. The van der Waals surface area contributed by atoms with Gasteiger partial charge in [0.2, 0.25) is 11.8 Å². The number of carbonyl (C=O) groups excluding carboxylic acids is 2. The molecule has 0 saturated carbocycles. The van der Waals surface area contributed by atoms with Gasteiger partial charge in [0.25, 0.3) is 0 Å². The van der Waals surface area contributed by atoms with E-state index in [2.05, 4.69) is 0 Å². The van der Waals surface area contributed by atoms with Crippen LogP contribution < -0.4 is 17.0 Å². The minimum Gasteiger partial charge on any atom is -0.369 e.